The summed E-state index contributed by atoms with van der Waals surface area (Å²) in [4.78, 5) is 31.1. The van der Waals surface area contributed by atoms with Crippen molar-refractivity contribution in [2.45, 2.75) is 0 Å². The summed E-state index contributed by atoms with van der Waals surface area (Å²) in [5.74, 6) is -1.37. The van der Waals surface area contributed by atoms with Crippen molar-refractivity contribution in [3.05, 3.63) is 87.8 Å². The standard InChI is InChI=1S/C18H11N3O3/c1-19-15(18(23)24)11-13-10-12-6-5-9-20-16(12)21(17(13)22)14-7-3-2-4-8-14/h2-11H,(H,23,24). The fourth-order valence-electron chi connectivity index (χ4n) is 2.37. The molecule has 2 heterocycles. The molecule has 0 fully saturated rings. The van der Waals surface area contributed by atoms with E-state index < -0.39 is 17.2 Å². The fraction of sp³-hybridized carbons (Fsp3) is 0. The zero-order valence-electron chi connectivity index (χ0n) is 12.4. The van der Waals surface area contributed by atoms with Gasteiger partial charge in [0.25, 0.3) is 11.3 Å². The zero-order chi connectivity index (χ0) is 17.1. The van der Waals surface area contributed by atoms with Gasteiger partial charge in [-0.1, -0.05) is 18.2 Å². The van der Waals surface area contributed by atoms with E-state index in [-0.39, 0.29) is 5.56 Å². The molecular formula is C18H11N3O3. The predicted octanol–water partition coefficient (Wildman–Crippen LogP) is 2.73. The molecule has 0 radical (unpaired) electrons. The van der Waals surface area contributed by atoms with Gasteiger partial charge in [-0.2, -0.15) is 0 Å². The average molecular weight is 317 g/mol. The molecule has 6 nitrogen and oxygen atoms in total. The molecule has 24 heavy (non-hydrogen) atoms. The maximum absolute atomic E-state index is 12.8. The first kappa shape index (κ1) is 15.2. The lowest BCUT2D eigenvalue weighted by Crippen LogP contribution is -2.22. The number of hydrogen-bond donors (Lipinski definition) is 1. The molecule has 0 spiro atoms. The largest absolute Gasteiger partial charge is 0.486 e. The van der Waals surface area contributed by atoms with Crippen molar-refractivity contribution in [1.29, 1.82) is 0 Å². The van der Waals surface area contributed by atoms with Crippen LogP contribution in [0.4, 0.5) is 0 Å². The van der Waals surface area contributed by atoms with Gasteiger partial charge in [0.05, 0.1) is 12.3 Å². The molecule has 2 aromatic heterocycles. The lowest BCUT2D eigenvalue weighted by Gasteiger charge is -2.11. The number of carbonyl (C=O) groups is 1. The number of carboxylic acid groups (broad SMARTS) is 1. The number of aliphatic carboxylic acids is 1. The minimum atomic E-state index is -1.37. The van der Waals surface area contributed by atoms with E-state index in [4.69, 9.17) is 11.7 Å². The maximum atomic E-state index is 12.8. The Morgan fingerprint density at radius 3 is 2.62 bits per heavy atom. The Morgan fingerprint density at radius 2 is 1.96 bits per heavy atom. The molecule has 1 N–H and O–H groups in total. The normalized spacial score (nSPS) is 11.2. The SMILES string of the molecule is [C-]#[N+]C(=Cc1cc2cccnc2n(-c2ccccc2)c1=O)C(=O)O. The van der Waals surface area contributed by atoms with E-state index >= 15 is 0 Å². The van der Waals surface area contributed by atoms with Crippen LogP contribution >= 0.6 is 0 Å². The number of hydrogen-bond acceptors (Lipinski definition) is 3. The molecule has 0 bridgehead atoms. The molecule has 0 amide bonds. The van der Waals surface area contributed by atoms with Crippen LogP contribution < -0.4 is 5.56 Å². The third-order valence-electron chi connectivity index (χ3n) is 3.44. The molecule has 0 aliphatic rings. The van der Waals surface area contributed by atoms with Crippen LogP contribution in [0.1, 0.15) is 5.56 Å². The number of benzene rings is 1. The molecule has 6 heteroatoms. The second kappa shape index (κ2) is 6.18. The second-order valence-electron chi connectivity index (χ2n) is 4.94. The molecule has 0 saturated carbocycles. The third kappa shape index (κ3) is 2.66. The van der Waals surface area contributed by atoms with E-state index in [1.807, 2.05) is 6.07 Å². The Kier molecular flexibility index (Phi) is 3.91. The van der Waals surface area contributed by atoms with Gasteiger partial charge in [-0.05, 0) is 36.4 Å². The van der Waals surface area contributed by atoms with Crippen molar-refractivity contribution in [3.8, 4) is 5.69 Å². The Bertz CT molecular complexity index is 1060. The van der Waals surface area contributed by atoms with E-state index in [2.05, 4.69) is 9.83 Å². The molecule has 1 aromatic carbocycles. The average Bonchev–Trinajstić information content (AvgIpc) is 2.60. The van der Waals surface area contributed by atoms with E-state index in [9.17, 15) is 9.59 Å². The Labute approximate surface area is 136 Å². The summed E-state index contributed by atoms with van der Waals surface area (Å²) < 4.78 is 1.41. The van der Waals surface area contributed by atoms with Crippen molar-refractivity contribution < 1.29 is 9.90 Å². The summed E-state index contributed by atoms with van der Waals surface area (Å²) in [6.45, 7) is 6.95. The highest BCUT2D eigenvalue weighted by Gasteiger charge is 2.13. The van der Waals surface area contributed by atoms with Gasteiger partial charge in [0.1, 0.15) is 5.65 Å². The van der Waals surface area contributed by atoms with E-state index in [1.54, 1.807) is 42.6 Å². The number of nitrogens with zero attached hydrogens (tertiary/aromatic N) is 3. The van der Waals surface area contributed by atoms with Crippen molar-refractivity contribution in [3.63, 3.8) is 0 Å². The smallest absolute Gasteiger partial charge is 0.333 e. The highest BCUT2D eigenvalue weighted by atomic mass is 16.4. The monoisotopic (exact) mass is 317 g/mol. The van der Waals surface area contributed by atoms with E-state index in [1.165, 1.54) is 10.6 Å². The van der Waals surface area contributed by atoms with Gasteiger partial charge in [-0.25, -0.2) is 9.83 Å². The van der Waals surface area contributed by atoms with Crippen LogP contribution in [0.3, 0.4) is 0 Å². The summed E-state index contributed by atoms with van der Waals surface area (Å²) >= 11 is 0. The molecule has 0 aliphatic heterocycles. The van der Waals surface area contributed by atoms with Crippen LogP contribution in [0.2, 0.25) is 0 Å². The van der Waals surface area contributed by atoms with Gasteiger partial charge in [0.15, 0.2) is 0 Å². The Hall–Kier alpha value is -3.72. The van der Waals surface area contributed by atoms with Crippen LogP contribution in [0.5, 0.6) is 0 Å². The van der Waals surface area contributed by atoms with Crippen molar-refractivity contribution in [2.75, 3.05) is 0 Å². The van der Waals surface area contributed by atoms with Crippen LogP contribution in [0.25, 0.3) is 27.6 Å². The van der Waals surface area contributed by atoms with Crippen molar-refractivity contribution in [1.82, 2.24) is 9.55 Å². The number of fused-ring (bicyclic) bond motifs is 1. The minimum Gasteiger partial charge on any atom is -0.486 e. The summed E-state index contributed by atoms with van der Waals surface area (Å²) in [6.07, 6.45) is 2.67. The van der Waals surface area contributed by atoms with Crippen molar-refractivity contribution >= 4 is 23.1 Å². The second-order valence-corrected chi connectivity index (χ2v) is 4.94. The van der Waals surface area contributed by atoms with Gasteiger partial charge in [0.2, 0.25) is 0 Å². The molecule has 3 rings (SSSR count). The van der Waals surface area contributed by atoms with Crippen LogP contribution in [0.15, 0.2) is 65.2 Å². The number of carboxylic acids is 1. The molecule has 0 saturated heterocycles. The first-order valence-electron chi connectivity index (χ1n) is 7.00. The van der Waals surface area contributed by atoms with Gasteiger partial charge in [-0.15, -0.1) is 0 Å². The van der Waals surface area contributed by atoms with Gasteiger partial charge >= 0.3 is 5.97 Å². The zero-order valence-corrected chi connectivity index (χ0v) is 12.4. The molecular weight excluding hydrogens is 306 g/mol. The van der Waals surface area contributed by atoms with Crippen molar-refractivity contribution in [2.24, 2.45) is 0 Å². The number of pyridine rings is 2. The molecule has 116 valence electrons. The van der Waals surface area contributed by atoms with Gasteiger partial charge in [-0.3, -0.25) is 14.2 Å². The number of rotatable bonds is 3. The summed E-state index contributed by atoms with van der Waals surface area (Å²) in [7, 11) is 0. The summed E-state index contributed by atoms with van der Waals surface area (Å²) in [5.41, 5.74) is 0.240. The quantitative estimate of drug-likeness (QED) is 0.595. The highest BCUT2D eigenvalue weighted by molar-refractivity contribution is 5.94. The highest BCUT2D eigenvalue weighted by Crippen LogP contribution is 2.17. The van der Waals surface area contributed by atoms with E-state index in [0.29, 0.717) is 16.7 Å². The molecule has 0 aliphatic carbocycles. The van der Waals surface area contributed by atoms with Gasteiger partial charge < -0.3 is 5.11 Å². The third-order valence-corrected chi connectivity index (χ3v) is 3.44. The first-order valence-corrected chi connectivity index (χ1v) is 7.00. The Balaban J connectivity index is 2.39. The predicted molar refractivity (Wildman–Crippen MR) is 89.6 cm³/mol. The molecule has 3 aromatic rings. The first-order chi connectivity index (χ1) is 11.6. The lowest BCUT2D eigenvalue weighted by atomic mass is 10.1. The van der Waals surface area contributed by atoms with Crippen LogP contribution in [-0.4, -0.2) is 20.6 Å². The van der Waals surface area contributed by atoms with E-state index in [0.717, 1.165) is 6.08 Å². The van der Waals surface area contributed by atoms with Crippen LogP contribution in [-0.2, 0) is 4.79 Å². The Morgan fingerprint density at radius 1 is 1.21 bits per heavy atom. The topological polar surface area (TPSA) is 76.5 Å². The minimum absolute atomic E-state index is 0.118. The summed E-state index contributed by atoms with van der Waals surface area (Å²) in [6, 6.07) is 14.0. The molecule has 0 atom stereocenters. The van der Waals surface area contributed by atoms with Gasteiger partial charge in [0, 0.05) is 17.1 Å². The van der Waals surface area contributed by atoms with Crippen LogP contribution in [0, 0.1) is 6.57 Å². The molecule has 0 unspecified atom stereocenters. The maximum Gasteiger partial charge on any atom is 0.333 e. The lowest BCUT2D eigenvalue weighted by molar-refractivity contribution is -0.132. The summed E-state index contributed by atoms with van der Waals surface area (Å²) in [5, 5.41) is 9.69. The fourth-order valence-corrected chi connectivity index (χ4v) is 2.37. The number of aromatic nitrogens is 2. The number of para-hydroxylation sites is 1.